The highest BCUT2D eigenvalue weighted by atomic mass is 32.2. The molecule has 0 spiro atoms. The first-order valence-corrected chi connectivity index (χ1v) is 11.5. The van der Waals surface area contributed by atoms with Crippen LogP contribution in [0.1, 0.15) is 32.1 Å². The van der Waals surface area contributed by atoms with E-state index in [1.165, 1.54) is 23.6 Å². The van der Waals surface area contributed by atoms with Gasteiger partial charge in [-0.15, -0.1) is 0 Å². The van der Waals surface area contributed by atoms with Gasteiger partial charge < -0.3 is 9.64 Å². The molecular formula is C20H31N3O4S. The van der Waals surface area contributed by atoms with Crippen LogP contribution in [-0.4, -0.2) is 81.4 Å². The molecule has 3 rings (SSSR count). The van der Waals surface area contributed by atoms with Crippen LogP contribution in [0.2, 0.25) is 0 Å². The molecule has 1 amide bonds. The van der Waals surface area contributed by atoms with E-state index in [0.717, 1.165) is 12.8 Å². The SMILES string of the molecule is COc1ccc(S(=O)(=O)N2CCN(CC(=O)N(C)C3CCCCC3)CC2)cc1. The number of benzene rings is 1. The Labute approximate surface area is 168 Å². The molecule has 8 heteroatoms. The Hall–Kier alpha value is -1.64. The zero-order valence-corrected chi connectivity index (χ0v) is 17.7. The first-order valence-electron chi connectivity index (χ1n) is 10.0. The van der Waals surface area contributed by atoms with Crippen molar-refractivity contribution in [3.63, 3.8) is 0 Å². The van der Waals surface area contributed by atoms with Crippen molar-refractivity contribution >= 4 is 15.9 Å². The van der Waals surface area contributed by atoms with Crippen molar-refractivity contribution in [1.82, 2.24) is 14.1 Å². The number of hydrogen-bond donors (Lipinski definition) is 0. The zero-order chi connectivity index (χ0) is 20.1. The van der Waals surface area contributed by atoms with Gasteiger partial charge in [-0.1, -0.05) is 19.3 Å². The first-order chi connectivity index (χ1) is 13.4. The van der Waals surface area contributed by atoms with E-state index in [-0.39, 0.29) is 10.8 Å². The molecule has 7 nitrogen and oxygen atoms in total. The van der Waals surface area contributed by atoms with Crippen LogP contribution in [0.3, 0.4) is 0 Å². The van der Waals surface area contributed by atoms with E-state index in [2.05, 4.69) is 4.90 Å². The average molecular weight is 410 g/mol. The van der Waals surface area contributed by atoms with Crippen LogP contribution in [0.4, 0.5) is 0 Å². The Morgan fingerprint density at radius 3 is 2.25 bits per heavy atom. The van der Waals surface area contributed by atoms with Gasteiger partial charge in [0.05, 0.1) is 18.6 Å². The van der Waals surface area contributed by atoms with Gasteiger partial charge in [-0.3, -0.25) is 9.69 Å². The van der Waals surface area contributed by atoms with Crippen molar-refractivity contribution in [1.29, 1.82) is 0 Å². The number of ether oxygens (including phenoxy) is 1. The summed E-state index contributed by atoms with van der Waals surface area (Å²) in [6.45, 7) is 2.30. The molecule has 1 aliphatic heterocycles. The van der Waals surface area contributed by atoms with Gasteiger partial charge in [0.2, 0.25) is 15.9 Å². The van der Waals surface area contributed by atoms with Crippen LogP contribution >= 0.6 is 0 Å². The molecule has 1 aromatic rings. The molecule has 2 aliphatic rings. The van der Waals surface area contributed by atoms with Gasteiger partial charge in [0.1, 0.15) is 5.75 Å². The highest BCUT2D eigenvalue weighted by Gasteiger charge is 2.30. The third kappa shape index (κ3) is 4.85. The summed E-state index contributed by atoms with van der Waals surface area (Å²) in [4.78, 5) is 16.8. The fraction of sp³-hybridized carbons (Fsp3) is 0.650. The molecule has 0 N–H and O–H groups in total. The first kappa shape index (κ1) is 21.1. The number of likely N-dealkylation sites (N-methyl/N-ethyl adjacent to an activating group) is 1. The predicted molar refractivity (Wildman–Crippen MR) is 108 cm³/mol. The minimum Gasteiger partial charge on any atom is -0.497 e. The maximum atomic E-state index is 12.8. The fourth-order valence-corrected chi connectivity index (χ4v) is 5.42. The van der Waals surface area contributed by atoms with E-state index < -0.39 is 10.0 Å². The van der Waals surface area contributed by atoms with Crippen LogP contribution in [-0.2, 0) is 14.8 Å². The maximum absolute atomic E-state index is 12.8. The Morgan fingerprint density at radius 2 is 1.68 bits per heavy atom. The van der Waals surface area contributed by atoms with Crippen molar-refractivity contribution in [3.05, 3.63) is 24.3 Å². The molecule has 0 bridgehead atoms. The van der Waals surface area contributed by atoms with E-state index in [9.17, 15) is 13.2 Å². The van der Waals surface area contributed by atoms with Crippen LogP contribution in [0, 0.1) is 0 Å². The molecule has 156 valence electrons. The number of methoxy groups -OCH3 is 1. The van der Waals surface area contributed by atoms with E-state index in [1.807, 2.05) is 11.9 Å². The lowest BCUT2D eigenvalue weighted by atomic mass is 9.94. The molecule has 1 heterocycles. The fourth-order valence-electron chi connectivity index (χ4n) is 4.00. The Kier molecular flexibility index (Phi) is 6.95. The Balaban J connectivity index is 1.52. The quantitative estimate of drug-likeness (QED) is 0.717. The summed E-state index contributed by atoms with van der Waals surface area (Å²) >= 11 is 0. The largest absolute Gasteiger partial charge is 0.497 e. The van der Waals surface area contributed by atoms with Crippen molar-refractivity contribution in [2.75, 3.05) is 46.9 Å². The summed E-state index contributed by atoms with van der Waals surface area (Å²) in [7, 11) is -0.0598. The normalized spacial score (nSPS) is 20.1. The molecule has 0 aromatic heterocycles. The number of piperazine rings is 1. The lowest BCUT2D eigenvalue weighted by Gasteiger charge is -2.36. The van der Waals surface area contributed by atoms with Crippen LogP contribution in [0.15, 0.2) is 29.2 Å². The van der Waals surface area contributed by atoms with Gasteiger partial charge in [0.25, 0.3) is 0 Å². The van der Waals surface area contributed by atoms with Crippen molar-refractivity contribution in [3.8, 4) is 5.75 Å². The lowest BCUT2D eigenvalue weighted by Crippen LogP contribution is -2.52. The number of amides is 1. The minimum absolute atomic E-state index is 0.137. The third-order valence-electron chi connectivity index (χ3n) is 5.90. The molecule has 1 aromatic carbocycles. The highest BCUT2D eigenvalue weighted by Crippen LogP contribution is 2.23. The monoisotopic (exact) mass is 409 g/mol. The van der Waals surface area contributed by atoms with Crippen LogP contribution in [0.5, 0.6) is 5.75 Å². The second kappa shape index (κ2) is 9.24. The van der Waals surface area contributed by atoms with Gasteiger partial charge in [0, 0.05) is 39.3 Å². The summed E-state index contributed by atoms with van der Waals surface area (Å²) in [5, 5.41) is 0. The number of sulfonamides is 1. The highest BCUT2D eigenvalue weighted by molar-refractivity contribution is 7.89. The van der Waals surface area contributed by atoms with E-state index >= 15 is 0 Å². The van der Waals surface area contributed by atoms with Crippen molar-refractivity contribution in [2.45, 2.75) is 43.0 Å². The molecule has 28 heavy (non-hydrogen) atoms. The zero-order valence-electron chi connectivity index (χ0n) is 16.8. The van der Waals surface area contributed by atoms with Crippen molar-refractivity contribution in [2.24, 2.45) is 0 Å². The van der Waals surface area contributed by atoms with E-state index in [0.29, 0.717) is 44.5 Å². The van der Waals surface area contributed by atoms with Gasteiger partial charge in [-0.2, -0.15) is 4.31 Å². The summed E-state index contributed by atoms with van der Waals surface area (Å²) in [5.41, 5.74) is 0. The van der Waals surface area contributed by atoms with Gasteiger partial charge in [-0.25, -0.2) is 8.42 Å². The maximum Gasteiger partial charge on any atom is 0.243 e. The molecule has 1 saturated heterocycles. The second-order valence-electron chi connectivity index (χ2n) is 7.65. The standard InChI is InChI=1S/C20H31N3O4S/c1-21(17-6-4-3-5-7-17)20(24)16-22-12-14-23(15-13-22)28(25,26)19-10-8-18(27-2)9-11-19/h8-11,17H,3-7,12-16H2,1-2H3. The Morgan fingerprint density at radius 1 is 1.07 bits per heavy atom. The lowest BCUT2D eigenvalue weighted by molar-refractivity contribution is -0.134. The summed E-state index contributed by atoms with van der Waals surface area (Å²) < 4.78 is 32.2. The summed E-state index contributed by atoms with van der Waals surface area (Å²) in [5.74, 6) is 0.766. The summed E-state index contributed by atoms with van der Waals surface area (Å²) in [6, 6.07) is 6.82. The van der Waals surface area contributed by atoms with Crippen LogP contribution < -0.4 is 4.74 Å². The van der Waals surface area contributed by atoms with Gasteiger partial charge >= 0.3 is 0 Å². The number of nitrogens with zero attached hydrogens (tertiary/aromatic N) is 3. The molecule has 0 radical (unpaired) electrons. The average Bonchev–Trinajstić information content (AvgIpc) is 2.74. The number of carbonyl (C=O) groups excluding carboxylic acids is 1. The molecule has 2 fully saturated rings. The topological polar surface area (TPSA) is 70.2 Å². The van der Waals surface area contributed by atoms with E-state index in [4.69, 9.17) is 4.74 Å². The molecule has 1 saturated carbocycles. The van der Waals surface area contributed by atoms with Crippen molar-refractivity contribution < 1.29 is 17.9 Å². The molecule has 0 unspecified atom stereocenters. The van der Waals surface area contributed by atoms with Gasteiger partial charge in [0.15, 0.2) is 0 Å². The number of carbonyl (C=O) groups is 1. The third-order valence-corrected chi connectivity index (χ3v) is 7.82. The molecule has 1 aliphatic carbocycles. The predicted octanol–water partition coefficient (Wildman–Crippen LogP) is 1.79. The van der Waals surface area contributed by atoms with Gasteiger partial charge in [-0.05, 0) is 37.1 Å². The van der Waals surface area contributed by atoms with Crippen LogP contribution in [0.25, 0.3) is 0 Å². The number of rotatable bonds is 6. The minimum atomic E-state index is -3.52. The van der Waals surface area contributed by atoms with E-state index in [1.54, 1.807) is 31.4 Å². The smallest absolute Gasteiger partial charge is 0.243 e. The summed E-state index contributed by atoms with van der Waals surface area (Å²) in [6.07, 6.45) is 5.85. The Bertz CT molecular complexity index is 752. The molecule has 0 atom stereocenters. The second-order valence-corrected chi connectivity index (χ2v) is 9.59. The molecular weight excluding hydrogens is 378 g/mol. The number of hydrogen-bond acceptors (Lipinski definition) is 5.